The van der Waals surface area contributed by atoms with Crippen molar-refractivity contribution in [3.63, 3.8) is 0 Å². The van der Waals surface area contributed by atoms with E-state index in [-0.39, 0.29) is 11.3 Å². The van der Waals surface area contributed by atoms with Crippen molar-refractivity contribution in [2.75, 3.05) is 12.4 Å². The van der Waals surface area contributed by atoms with Gasteiger partial charge in [-0.25, -0.2) is 4.39 Å². The first-order valence-corrected chi connectivity index (χ1v) is 6.21. The summed E-state index contributed by atoms with van der Waals surface area (Å²) in [5, 5.41) is 11.1. The molecule has 0 bridgehead atoms. The van der Waals surface area contributed by atoms with Crippen LogP contribution in [0.25, 0.3) is 0 Å². The van der Waals surface area contributed by atoms with Crippen LogP contribution in [0.15, 0.2) is 36.4 Å². The minimum absolute atomic E-state index is 0.0264. The third-order valence-corrected chi connectivity index (χ3v) is 3.02. The number of hydrogen-bond donors (Lipinski definition) is 1. The number of carbonyl (C=O) groups is 1. The highest BCUT2D eigenvalue weighted by Gasteiger charge is 2.11. The van der Waals surface area contributed by atoms with E-state index in [0.717, 1.165) is 11.6 Å². The summed E-state index contributed by atoms with van der Waals surface area (Å²) >= 11 is 0. The fraction of sp³-hybridized carbons (Fsp3) is 0.125. The maximum absolute atomic E-state index is 13.7. The lowest BCUT2D eigenvalue weighted by Crippen LogP contribution is -2.13. The van der Waals surface area contributed by atoms with Crippen LogP contribution in [0.1, 0.15) is 21.5 Å². The minimum atomic E-state index is -0.651. The van der Waals surface area contributed by atoms with Crippen molar-refractivity contribution in [1.82, 2.24) is 0 Å². The van der Waals surface area contributed by atoms with Crippen LogP contribution in [0.2, 0.25) is 0 Å². The number of benzene rings is 2. The van der Waals surface area contributed by atoms with Crippen molar-refractivity contribution in [3.8, 4) is 11.8 Å². The molecule has 0 saturated carbocycles. The predicted octanol–water partition coefficient (Wildman–Crippen LogP) is 3.27. The fourth-order valence-corrected chi connectivity index (χ4v) is 1.84. The highest BCUT2D eigenvalue weighted by atomic mass is 19.1. The summed E-state index contributed by atoms with van der Waals surface area (Å²) in [5.74, 6) is -0.513. The van der Waals surface area contributed by atoms with Crippen LogP contribution in [-0.4, -0.2) is 13.0 Å². The van der Waals surface area contributed by atoms with Gasteiger partial charge in [0.25, 0.3) is 5.91 Å². The summed E-state index contributed by atoms with van der Waals surface area (Å²) < 4.78 is 18.9. The Bertz CT molecular complexity index is 736. The summed E-state index contributed by atoms with van der Waals surface area (Å²) in [7, 11) is 1.52. The Hall–Kier alpha value is -2.87. The summed E-state index contributed by atoms with van der Waals surface area (Å²) in [4.78, 5) is 12.1. The Morgan fingerprint density at radius 2 is 2.05 bits per heavy atom. The van der Waals surface area contributed by atoms with Crippen LogP contribution >= 0.6 is 0 Å². The lowest BCUT2D eigenvalue weighted by Gasteiger charge is -2.09. The first-order valence-electron chi connectivity index (χ1n) is 6.21. The van der Waals surface area contributed by atoms with E-state index in [1.165, 1.54) is 19.2 Å². The number of anilines is 1. The SMILES string of the molecule is COc1cc(C(=O)Nc2ccc(C#N)cc2F)ccc1C. The molecule has 0 aliphatic rings. The Kier molecular flexibility index (Phi) is 4.19. The Morgan fingerprint density at radius 1 is 1.29 bits per heavy atom. The molecule has 0 atom stereocenters. The van der Waals surface area contributed by atoms with Gasteiger partial charge in [-0.15, -0.1) is 0 Å². The van der Waals surface area contributed by atoms with Gasteiger partial charge in [-0.3, -0.25) is 4.79 Å². The number of halogens is 1. The van der Waals surface area contributed by atoms with Gasteiger partial charge in [0.05, 0.1) is 24.4 Å². The van der Waals surface area contributed by atoms with Crippen LogP contribution in [-0.2, 0) is 0 Å². The Morgan fingerprint density at radius 3 is 2.67 bits per heavy atom. The molecule has 1 amide bonds. The molecule has 2 rings (SSSR count). The van der Waals surface area contributed by atoms with E-state index in [9.17, 15) is 9.18 Å². The highest BCUT2D eigenvalue weighted by molar-refractivity contribution is 6.04. The number of nitriles is 1. The van der Waals surface area contributed by atoms with Crippen LogP contribution < -0.4 is 10.1 Å². The van der Waals surface area contributed by atoms with Gasteiger partial charge < -0.3 is 10.1 Å². The summed E-state index contributed by atoms with van der Waals surface area (Å²) in [6.45, 7) is 1.86. The van der Waals surface area contributed by atoms with E-state index in [1.54, 1.807) is 18.2 Å². The predicted molar refractivity (Wildman–Crippen MR) is 76.8 cm³/mol. The number of amides is 1. The average molecular weight is 284 g/mol. The molecule has 0 aliphatic carbocycles. The minimum Gasteiger partial charge on any atom is -0.496 e. The summed E-state index contributed by atoms with van der Waals surface area (Å²) in [5.41, 5.74) is 1.49. The van der Waals surface area contributed by atoms with Crippen molar-refractivity contribution in [3.05, 3.63) is 58.9 Å². The quantitative estimate of drug-likeness (QED) is 0.941. The number of aryl methyl sites for hydroxylation is 1. The zero-order valence-electron chi connectivity index (χ0n) is 11.6. The molecule has 0 fully saturated rings. The summed E-state index contributed by atoms with van der Waals surface area (Å²) in [6.07, 6.45) is 0. The van der Waals surface area contributed by atoms with E-state index in [4.69, 9.17) is 10.00 Å². The fourth-order valence-electron chi connectivity index (χ4n) is 1.84. The monoisotopic (exact) mass is 284 g/mol. The van der Waals surface area contributed by atoms with Gasteiger partial charge in [0, 0.05) is 5.56 Å². The molecule has 2 aromatic carbocycles. The normalized spacial score (nSPS) is 9.81. The second-order valence-electron chi connectivity index (χ2n) is 4.44. The Labute approximate surface area is 121 Å². The molecule has 106 valence electrons. The molecule has 0 unspecified atom stereocenters. The van der Waals surface area contributed by atoms with Crippen LogP contribution in [0.5, 0.6) is 5.75 Å². The molecule has 4 nitrogen and oxygen atoms in total. The number of nitrogens with zero attached hydrogens (tertiary/aromatic N) is 1. The van der Waals surface area contributed by atoms with E-state index in [2.05, 4.69) is 5.32 Å². The molecule has 1 N–H and O–H groups in total. The topological polar surface area (TPSA) is 62.1 Å². The molecule has 0 aromatic heterocycles. The summed E-state index contributed by atoms with van der Waals surface area (Å²) in [6, 6.07) is 10.7. The molecule has 2 aromatic rings. The van der Waals surface area contributed by atoms with E-state index < -0.39 is 11.7 Å². The van der Waals surface area contributed by atoms with Crippen molar-refractivity contribution in [2.45, 2.75) is 6.92 Å². The zero-order chi connectivity index (χ0) is 15.4. The van der Waals surface area contributed by atoms with Crippen LogP contribution in [0.4, 0.5) is 10.1 Å². The molecule has 21 heavy (non-hydrogen) atoms. The van der Waals surface area contributed by atoms with Gasteiger partial charge in [-0.1, -0.05) is 6.07 Å². The molecule has 0 heterocycles. The average Bonchev–Trinajstić information content (AvgIpc) is 2.49. The van der Waals surface area contributed by atoms with Crippen molar-refractivity contribution >= 4 is 11.6 Å². The standard InChI is InChI=1S/C16H13FN2O2/c1-10-3-5-12(8-15(10)21-2)16(20)19-14-6-4-11(9-18)7-13(14)17/h3-8H,1-2H3,(H,19,20). The first kappa shape index (κ1) is 14.5. The number of rotatable bonds is 3. The highest BCUT2D eigenvalue weighted by Crippen LogP contribution is 2.21. The smallest absolute Gasteiger partial charge is 0.255 e. The number of nitrogens with one attached hydrogen (secondary N) is 1. The second-order valence-corrected chi connectivity index (χ2v) is 4.44. The lowest BCUT2D eigenvalue weighted by atomic mass is 10.1. The molecule has 0 saturated heterocycles. The van der Waals surface area contributed by atoms with E-state index in [0.29, 0.717) is 11.3 Å². The lowest BCUT2D eigenvalue weighted by molar-refractivity contribution is 0.102. The third kappa shape index (κ3) is 3.18. The maximum Gasteiger partial charge on any atom is 0.255 e. The van der Waals surface area contributed by atoms with Gasteiger partial charge in [0.1, 0.15) is 11.6 Å². The second kappa shape index (κ2) is 6.06. The number of carbonyl (C=O) groups excluding carboxylic acids is 1. The largest absolute Gasteiger partial charge is 0.496 e. The van der Waals surface area contributed by atoms with Gasteiger partial charge >= 0.3 is 0 Å². The molecule has 0 aliphatic heterocycles. The number of ether oxygens (including phenoxy) is 1. The van der Waals surface area contributed by atoms with E-state index >= 15 is 0 Å². The van der Waals surface area contributed by atoms with Crippen molar-refractivity contribution in [1.29, 1.82) is 5.26 Å². The van der Waals surface area contributed by atoms with Crippen LogP contribution in [0, 0.1) is 24.1 Å². The Balaban J connectivity index is 2.24. The van der Waals surface area contributed by atoms with Gasteiger partial charge in [0.15, 0.2) is 0 Å². The molecule has 0 spiro atoms. The van der Waals surface area contributed by atoms with Gasteiger partial charge in [0.2, 0.25) is 0 Å². The van der Waals surface area contributed by atoms with Gasteiger partial charge in [-0.2, -0.15) is 5.26 Å². The molecule has 5 heteroatoms. The number of hydrogen-bond acceptors (Lipinski definition) is 3. The third-order valence-electron chi connectivity index (χ3n) is 3.02. The zero-order valence-corrected chi connectivity index (χ0v) is 11.6. The van der Waals surface area contributed by atoms with Gasteiger partial charge in [-0.05, 0) is 42.8 Å². The molecular formula is C16H13FN2O2. The maximum atomic E-state index is 13.7. The first-order chi connectivity index (χ1) is 10.0. The molecular weight excluding hydrogens is 271 g/mol. The molecule has 0 radical (unpaired) electrons. The van der Waals surface area contributed by atoms with Crippen molar-refractivity contribution < 1.29 is 13.9 Å². The number of methoxy groups -OCH3 is 1. The van der Waals surface area contributed by atoms with E-state index in [1.807, 2.05) is 13.0 Å². The van der Waals surface area contributed by atoms with Crippen LogP contribution in [0.3, 0.4) is 0 Å². The van der Waals surface area contributed by atoms with Crippen molar-refractivity contribution in [2.24, 2.45) is 0 Å².